The summed E-state index contributed by atoms with van der Waals surface area (Å²) in [7, 11) is 0. The molecule has 0 atom stereocenters. The molecule has 1 heteroatoms. The molecule has 8 rings (SSSR count). The minimum atomic E-state index is -4.91. The molecule has 6 aromatic carbocycles. The van der Waals surface area contributed by atoms with Crippen LogP contribution in [0.15, 0.2) is 161 Å². The number of benzene rings is 6. The zero-order chi connectivity index (χ0) is 37.0. The molecule has 264 valence electrons. The van der Waals surface area contributed by atoms with Gasteiger partial charge in [0, 0.05) is 0 Å². The Labute approximate surface area is 318 Å². The maximum absolute atomic E-state index is 5.89. The van der Waals surface area contributed by atoms with Gasteiger partial charge in [0.25, 0.3) is 0 Å². The Hall–Kier alpha value is -4.45. The normalized spacial score (nSPS) is 14.2. The fourth-order valence-corrected chi connectivity index (χ4v) is 26.0. The molecule has 0 aromatic heterocycles. The van der Waals surface area contributed by atoms with Crippen LogP contribution >= 0.6 is 0 Å². The molecule has 0 N–H and O–H groups in total. The number of hydrogen-bond acceptors (Lipinski definition) is 0. The minimum absolute atomic E-state index is 0.0309. The Morgan fingerprint density at radius 3 is 1.70 bits per heavy atom. The predicted octanol–water partition coefficient (Wildman–Crippen LogP) is 12.3. The van der Waals surface area contributed by atoms with Crippen molar-refractivity contribution in [3.63, 3.8) is 0 Å². The van der Waals surface area contributed by atoms with Crippen LogP contribution in [0.2, 0.25) is 0 Å². The molecule has 0 nitrogen and oxygen atoms in total. The molecule has 2 aliphatic rings. The van der Waals surface area contributed by atoms with E-state index in [-0.39, 0.29) is 10.8 Å². The van der Waals surface area contributed by atoms with Crippen LogP contribution in [0.5, 0.6) is 0 Å². The second-order valence-electron chi connectivity index (χ2n) is 17.7. The van der Waals surface area contributed by atoms with Crippen LogP contribution in [0, 0.1) is 0 Å². The van der Waals surface area contributed by atoms with Gasteiger partial charge in [0.2, 0.25) is 0 Å². The summed E-state index contributed by atoms with van der Waals surface area (Å²) in [5, 5.41) is 0. The summed E-state index contributed by atoms with van der Waals surface area (Å²) < 4.78 is 11.4. The van der Waals surface area contributed by atoms with Gasteiger partial charge in [-0.3, -0.25) is 0 Å². The van der Waals surface area contributed by atoms with E-state index in [2.05, 4.69) is 199 Å². The predicted molar refractivity (Wildman–Crippen MR) is 228 cm³/mol. The van der Waals surface area contributed by atoms with Gasteiger partial charge in [-0.05, 0) is 0 Å². The van der Waals surface area contributed by atoms with E-state index in [0.29, 0.717) is 0 Å². The number of rotatable bonds is 7. The summed E-state index contributed by atoms with van der Waals surface area (Å²) >= 11 is -4.91. The zero-order valence-corrected chi connectivity index (χ0v) is 34.8. The summed E-state index contributed by atoms with van der Waals surface area (Å²) in [6.45, 7) is 14.3. The molecule has 0 unspecified atom stereocenters. The molecule has 0 saturated carbocycles. The summed E-state index contributed by atoms with van der Waals surface area (Å²) in [6, 6.07) is 52.8. The quantitative estimate of drug-likeness (QED) is 0.152. The monoisotopic (exact) mass is 766 g/mol. The Morgan fingerprint density at radius 1 is 0.585 bits per heavy atom. The van der Waals surface area contributed by atoms with Gasteiger partial charge in [-0.15, -0.1) is 0 Å². The summed E-state index contributed by atoms with van der Waals surface area (Å²) in [4.78, 5) is 0. The van der Waals surface area contributed by atoms with Crippen LogP contribution in [0.1, 0.15) is 75.8 Å². The van der Waals surface area contributed by atoms with Gasteiger partial charge < -0.3 is 0 Å². The Morgan fingerprint density at radius 2 is 1.13 bits per heavy atom. The summed E-state index contributed by atoms with van der Waals surface area (Å²) in [5.74, 6) is 0. The van der Waals surface area contributed by atoms with E-state index in [1.807, 2.05) is 0 Å². The third-order valence-electron chi connectivity index (χ3n) is 12.2. The van der Waals surface area contributed by atoms with Gasteiger partial charge >= 0.3 is 321 Å². The first-order valence-electron chi connectivity index (χ1n) is 19.4. The molecule has 0 saturated heterocycles. The average Bonchev–Trinajstić information content (AvgIpc) is 3.84. The van der Waals surface area contributed by atoms with Crippen molar-refractivity contribution in [1.29, 1.82) is 0 Å². The number of allylic oxidation sites excluding steroid dienone is 4. The Bertz CT molecular complexity index is 2450. The number of hydrogen-bond donors (Lipinski definition) is 0. The molecule has 0 radical (unpaired) electrons. The molecule has 53 heavy (non-hydrogen) atoms. The van der Waals surface area contributed by atoms with Crippen LogP contribution in [-0.2, 0) is 39.7 Å². The van der Waals surface area contributed by atoms with Gasteiger partial charge in [-0.2, -0.15) is 0 Å². The second kappa shape index (κ2) is 13.1. The Balaban J connectivity index is 1.58. The molecule has 0 aliphatic heterocycles. The standard InChI is InChI=1S/C33H33.C7H7.C6H5.C5H5.CH2.Zr/c1-32(2,3)30-20-26-24(18-28(30)22-13-9-7-10-14-22)17-25-19-29(23-15-11-8-12-16-23)31(21-27(25)26)33(4,5)6;1-7-5-3-2-4-6-7;1-2-4-6-5-3-1;1-2-4-5-3-1;;/h7-16,18,20-21H,17H2,1-6H3;2-6H,1H2;1-5H;1-3H,4H2;1H2;. The van der Waals surface area contributed by atoms with E-state index in [9.17, 15) is 0 Å². The topological polar surface area (TPSA) is 0 Å². The van der Waals surface area contributed by atoms with Crippen LogP contribution in [0.4, 0.5) is 0 Å². The first-order chi connectivity index (χ1) is 25.4. The first kappa shape index (κ1) is 35.6. The van der Waals surface area contributed by atoms with Crippen LogP contribution < -0.4 is 6.54 Å². The van der Waals surface area contributed by atoms with Crippen molar-refractivity contribution in [1.82, 2.24) is 0 Å². The van der Waals surface area contributed by atoms with Crippen LogP contribution in [-0.4, -0.2) is 4.21 Å². The zero-order valence-electron chi connectivity index (χ0n) is 32.3. The van der Waals surface area contributed by atoms with Gasteiger partial charge in [0.05, 0.1) is 0 Å². The molecule has 6 aromatic rings. The summed E-state index contributed by atoms with van der Waals surface area (Å²) in [6.07, 6.45) is 8.98. The molecule has 2 aliphatic carbocycles. The van der Waals surface area contributed by atoms with Crippen molar-refractivity contribution in [3.05, 3.63) is 189 Å². The van der Waals surface area contributed by atoms with Gasteiger partial charge in [0.1, 0.15) is 0 Å². The van der Waals surface area contributed by atoms with Crippen molar-refractivity contribution >= 4 is 10.8 Å². The second-order valence-corrected chi connectivity index (χ2v) is 31.1. The Kier molecular flexibility index (Phi) is 8.82. The summed E-state index contributed by atoms with van der Waals surface area (Å²) in [5.41, 5.74) is 15.1. The molecular formula is C52H52Zr. The van der Waals surface area contributed by atoms with E-state index in [0.717, 1.165) is 17.0 Å². The van der Waals surface area contributed by atoms with Crippen LogP contribution in [0.3, 0.4) is 0 Å². The van der Waals surface area contributed by atoms with E-state index in [1.165, 1.54) is 64.5 Å². The van der Waals surface area contributed by atoms with Crippen molar-refractivity contribution in [2.45, 2.75) is 69.3 Å². The molecule has 0 spiro atoms. The van der Waals surface area contributed by atoms with E-state index in [1.54, 1.807) is 6.55 Å². The first-order valence-corrected chi connectivity index (χ1v) is 26.5. The molecule has 0 amide bonds. The van der Waals surface area contributed by atoms with E-state index in [4.69, 9.17) is 4.21 Å². The van der Waals surface area contributed by atoms with Gasteiger partial charge in [-0.1, -0.05) is 0 Å². The fraction of sp³-hybridized carbons (Fsp3) is 0.212. The molecular weight excluding hydrogens is 716 g/mol. The van der Waals surface area contributed by atoms with Crippen molar-refractivity contribution < 1.29 is 18.3 Å². The SMILES string of the molecule is [CH2]=[Zr]([CH2]c1ccccc1)([C]1=CC=CC1)([c]1ccccc1)[c]1c2c(cc(C(C)(C)C)c1-c1ccccc1)-c1cc(C(C)(C)C)c(-c3ccccc3)cc1C2. The van der Waals surface area contributed by atoms with Crippen molar-refractivity contribution in [3.8, 4) is 33.4 Å². The van der Waals surface area contributed by atoms with Gasteiger partial charge in [0.15, 0.2) is 0 Å². The third-order valence-corrected chi connectivity index (χ3v) is 28.4. The van der Waals surface area contributed by atoms with Crippen LogP contribution in [0.25, 0.3) is 33.4 Å². The van der Waals surface area contributed by atoms with E-state index >= 15 is 0 Å². The number of fused-ring (bicyclic) bond motifs is 3. The molecule has 0 heterocycles. The average molecular weight is 768 g/mol. The molecule has 0 bridgehead atoms. The third kappa shape index (κ3) is 5.97. The van der Waals surface area contributed by atoms with Gasteiger partial charge in [-0.25, -0.2) is 0 Å². The van der Waals surface area contributed by atoms with E-state index < -0.39 is 18.3 Å². The maximum atomic E-state index is 5.89. The fourth-order valence-electron chi connectivity index (χ4n) is 9.60. The molecule has 0 fully saturated rings. The van der Waals surface area contributed by atoms with Crippen molar-refractivity contribution in [2.24, 2.45) is 0 Å². The van der Waals surface area contributed by atoms with Crippen molar-refractivity contribution in [2.75, 3.05) is 0 Å².